The van der Waals surface area contributed by atoms with Crippen molar-refractivity contribution in [2.45, 2.75) is 39.3 Å². The molecule has 1 aliphatic heterocycles. The number of hydrogen-bond acceptors (Lipinski definition) is 5. The smallest absolute Gasteiger partial charge is 0.204 e. The molecule has 2 N–H and O–H groups in total. The van der Waals surface area contributed by atoms with E-state index < -0.39 is 0 Å². The van der Waals surface area contributed by atoms with Crippen LogP contribution in [0, 0.1) is 13.8 Å². The van der Waals surface area contributed by atoms with Gasteiger partial charge in [0.2, 0.25) is 5.95 Å². The molecule has 1 aliphatic rings. The van der Waals surface area contributed by atoms with E-state index in [-0.39, 0.29) is 5.75 Å². The number of rotatable bonds is 4. The van der Waals surface area contributed by atoms with Crippen molar-refractivity contribution >= 4 is 17.0 Å². The van der Waals surface area contributed by atoms with Crippen molar-refractivity contribution in [1.29, 1.82) is 0 Å². The third kappa shape index (κ3) is 3.62. The molecule has 6 heteroatoms. The minimum absolute atomic E-state index is 0.223. The Balaban J connectivity index is 1.72. The Labute approximate surface area is 159 Å². The van der Waals surface area contributed by atoms with Gasteiger partial charge in [-0.15, -0.1) is 0 Å². The Morgan fingerprint density at radius 1 is 1.11 bits per heavy atom. The van der Waals surface area contributed by atoms with Gasteiger partial charge in [0, 0.05) is 11.7 Å². The number of aromatic nitrogens is 3. The van der Waals surface area contributed by atoms with Gasteiger partial charge in [-0.1, -0.05) is 12.1 Å². The summed E-state index contributed by atoms with van der Waals surface area (Å²) in [4.78, 5) is 11.8. The lowest BCUT2D eigenvalue weighted by atomic mass is 10.1. The predicted octanol–water partition coefficient (Wildman–Crippen LogP) is 3.31. The normalized spacial score (nSPS) is 16.1. The number of imidazole rings is 1. The van der Waals surface area contributed by atoms with Crippen molar-refractivity contribution in [3.8, 4) is 5.75 Å². The Morgan fingerprint density at radius 3 is 2.67 bits per heavy atom. The molecular formula is C21H27N5O. The molecule has 0 amide bonds. The second kappa shape index (κ2) is 7.19. The number of hydrogen-bond donors (Lipinski definition) is 2. The van der Waals surface area contributed by atoms with E-state index in [1.807, 2.05) is 13.0 Å². The van der Waals surface area contributed by atoms with Crippen LogP contribution in [0.1, 0.15) is 29.8 Å². The maximum absolute atomic E-state index is 10.3. The number of nitrogens with zero attached hydrogens (tertiary/aromatic N) is 4. The summed E-state index contributed by atoms with van der Waals surface area (Å²) >= 11 is 0. The van der Waals surface area contributed by atoms with Crippen LogP contribution in [0.5, 0.6) is 5.75 Å². The van der Waals surface area contributed by atoms with E-state index in [2.05, 4.69) is 51.9 Å². The van der Waals surface area contributed by atoms with Gasteiger partial charge in [-0.3, -0.25) is 4.98 Å². The summed E-state index contributed by atoms with van der Waals surface area (Å²) in [5.41, 5.74) is 4.78. The van der Waals surface area contributed by atoms with Crippen LogP contribution in [0.3, 0.4) is 0 Å². The third-order valence-electron chi connectivity index (χ3n) is 5.43. The van der Waals surface area contributed by atoms with Gasteiger partial charge < -0.3 is 19.9 Å². The number of piperidine rings is 1. The maximum atomic E-state index is 10.3. The van der Waals surface area contributed by atoms with Gasteiger partial charge in [0.25, 0.3) is 0 Å². The average Bonchev–Trinajstić information content (AvgIpc) is 2.99. The second-order valence-corrected chi connectivity index (χ2v) is 7.60. The number of pyridine rings is 1. The number of benzene rings is 1. The number of anilines is 1. The molecule has 0 radical (unpaired) electrons. The highest BCUT2D eigenvalue weighted by Crippen LogP contribution is 2.27. The first-order valence-electron chi connectivity index (χ1n) is 9.57. The molecular weight excluding hydrogens is 338 g/mol. The average molecular weight is 365 g/mol. The van der Waals surface area contributed by atoms with E-state index in [9.17, 15) is 5.11 Å². The highest BCUT2D eigenvalue weighted by atomic mass is 16.3. The van der Waals surface area contributed by atoms with E-state index >= 15 is 0 Å². The molecule has 2 aromatic heterocycles. The van der Waals surface area contributed by atoms with E-state index in [4.69, 9.17) is 4.98 Å². The monoisotopic (exact) mass is 365 g/mol. The van der Waals surface area contributed by atoms with Gasteiger partial charge in [0.05, 0.1) is 17.6 Å². The summed E-state index contributed by atoms with van der Waals surface area (Å²) in [6.07, 6.45) is 2.21. The zero-order valence-electron chi connectivity index (χ0n) is 16.2. The fourth-order valence-corrected chi connectivity index (χ4v) is 3.76. The molecule has 0 bridgehead atoms. The van der Waals surface area contributed by atoms with Crippen LogP contribution in [-0.2, 0) is 6.54 Å². The lowest BCUT2D eigenvalue weighted by molar-refractivity contribution is 0.263. The lowest BCUT2D eigenvalue weighted by Gasteiger charge is -2.29. The highest BCUT2D eigenvalue weighted by Gasteiger charge is 2.21. The van der Waals surface area contributed by atoms with Gasteiger partial charge in [-0.25, -0.2) is 4.98 Å². The molecule has 0 aliphatic carbocycles. The largest absolute Gasteiger partial charge is 0.506 e. The van der Waals surface area contributed by atoms with Crippen molar-refractivity contribution in [3.05, 3.63) is 47.3 Å². The van der Waals surface area contributed by atoms with Crippen LogP contribution in [0.25, 0.3) is 11.0 Å². The molecule has 4 rings (SSSR count). The quantitative estimate of drug-likeness (QED) is 0.743. The van der Waals surface area contributed by atoms with Gasteiger partial charge in [0.15, 0.2) is 0 Å². The first-order valence-corrected chi connectivity index (χ1v) is 9.57. The highest BCUT2D eigenvalue weighted by molar-refractivity contribution is 5.82. The SMILES string of the molecule is Cc1ccc(O)c(Cn2c(NC3CCN(C)CC3)nc3c(C)cccc32)n1. The number of aryl methyl sites for hydroxylation is 2. The minimum atomic E-state index is 0.223. The topological polar surface area (TPSA) is 66.2 Å². The summed E-state index contributed by atoms with van der Waals surface area (Å²) < 4.78 is 2.14. The summed E-state index contributed by atoms with van der Waals surface area (Å²) in [6.45, 7) is 6.70. The summed E-state index contributed by atoms with van der Waals surface area (Å²) in [7, 11) is 2.17. The fraction of sp³-hybridized carbons (Fsp3) is 0.429. The molecule has 0 unspecified atom stereocenters. The van der Waals surface area contributed by atoms with Crippen LogP contribution >= 0.6 is 0 Å². The summed E-state index contributed by atoms with van der Waals surface area (Å²) in [5.74, 6) is 1.08. The van der Waals surface area contributed by atoms with Crippen LogP contribution in [0.4, 0.5) is 5.95 Å². The van der Waals surface area contributed by atoms with Crippen molar-refractivity contribution in [2.75, 3.05) is 25.5 Å². The molecule has 0 atom stereocenters. The molecule has 0 saturated carbocycles. The van der Waals surface area contributed by atoms with Crippen molar-refractivity contribution in [3.63, 3.8) is 0 Å². The fourth-order valence-electron chi connectivity index (χ4n) is 3.76. The summed E-state index contributed by atoms with van der Waals surface area (Å²) in [6, 6.07) is 10.2. The minimum Gasteiger partial charge on any atom is -0.506 e. The molecule has 27 heavy (non-hydrogen) atoms. The molecule has 3 heterocycles. The Bertz CT molecular complexity index is 957. The van der Waals surface area contributed by atoms with Gasteiger partial charge in [0.1, 0.15) is 11.4 Å². The number of aromatic hydroxyl groups is 1. The summed E-state index contributed by atoms with van der Waals surface area (Å²) in [5, 5.41) is 13.9. The first kappa shape index (κ1) is 17.8. The van der Waals surface area contributed by atoms with Crippen LogP contribution in [0.15, 0.2) is 30.3 Å². The van der Waals surface area contributed by atoms with E-state index in [1.54, 1.807) is 6.07 Å². The van der Waals surface area contributed by atoms with E-state index in [0.29, 0.717) is 18.3 Å². The number of likely N-dealkylation sites (tertiary alicyclic amines) is 1. The Morgan fingerprint density at radius 2 is 1.89 bits per heavy atom. The molecule has 1 fully saturated rings. The molecule has 1 aromatic carbocycles. The lowest BCUT2D eigenvalue weighted by Crippen LogP contribution is -2.37. The van der Waals surface area contributed by atoms with Crippen molar-refractivity contribution in [1.82, 2.24) is 19.4 Å². The zero-order chi connectivity index (χ0) is 19.0. The van der Waals surface area contributed by atoms with Crippen molar-refractivity contribution in [2.24, 2.45) is 0 Å². The van der Waals surface area contributed by atoms with Crippen molar-refractivity contribution < 1.29 is 5.11 Å². The van der Waals surface area contributed by atoms with Gasteiger partial charge >= 0.3 is 0 Å². The number of nitrogens with one attached hydrogen (secondary N) is 1. The molecule has 6 nitrogen and oxygen atoms in total. The molecule has 1 saturated heterocycles. The Kier molecular flexibility index (Phi) is 4.74. The van der Waals surface area contributed by atoms with Crippen LogP contribution in [0.2, 0.25) is 0 Å². The Hall–Kier alpha value is -2.60. The van der Waals surface area contributed by atoms with Crippen LogP contribution < -0.4 is 5.32 Å². The maximum Gasteiger partial charge on any atom is 0.204 e. The predicted molar refractivity (Wildman–Crippen MR) is 108 cm³/mol. The number of fused-ring (bicyclic) bond motifs is 1. The standard InChI is InChI=1S/C21H27N5O/c1-14-5-4-6-18-20(14)24-21(23-16-9-11-25(3)12-10-16)26(18)13-17-19(27)8-7-15(2)22-17/h4-8,16,27H,9-13H2,1-3H3,(H,23,24). The second-order valence-electron chi connectivity index (χ2n) is 7.60. The van der Waals surface area contributed by atoms with E-state index in [0.717, 1.165) is 54.2 Å². The third-order valence-corrected chi connectivity index (χ3v) is 5.43. The van der Waals surface area contributed by atoms with Crippen LogP contribution in [-0.4, -0.2) is 50.7 Å². The molecule has 0 spiro atoms. The number of para-hydroxylation sites is 1. The zero-order valence-corrected chi connectivity index (χ0v) is 16.2. The molecule has 142 valence electrons. The first-order chi connectivity index (χ1) is 13.0. The molecule has 3 aromatic rings. The van der Waals surface area contributed by atoms with Gasteiger partial charge in [-0.05, 0) is 70.6 Å². The van der Waals surface area contributed by atoms with E-state index in [1.165, 1.54) is 0 Å². The van der Waals surface area contributed by atoms with Gasteiger partial charge in [-0.2, -0.15) is 0 Å².